The summed E-state index contributed by atoms with van der Waals surface area (Å²) in [4.78, 5) is 36.2. The zero-order chi connectivity index (χ0) is 46.1. The first kappa shape index (κ1) is 55.0. The number of phosphoric acid groups is 1. The van der Waals surface area contributed by atoms with E-state index in [1.54, 1.807) is 16.4 Å². The quantitative estimate of drug-likeness (QED) is 0.0180. The Morgan fingerprint density at radius 1 is 0.841 bits per heavy atom. The fraction of sp³-hybridized carbons (Fsp3) is 0.922. The molecule has 3 fully saturated rings. The van der Waals surface area contributed by atoms with E-state index in [4.69, 9.17) is 18.5 Å². The van der Waals surface area contributed by atoms with E-state index in [2.05, 4.69) is 47.6 Å². The molecule has 0 aliphatic heterocycles. The topological polar surface area (TPSA) is 108 Å². The van der Waals surface area contributed by atoms with Crippen molar-refractivity contribution in [2.45, 2.75) is 201 Å². The molecule has 1 N–H and O–H groups in total. The number of ether oxygens (including phenoxy) is 2. The molecule has 0 spiro atoms. The number of likely N-dealkylation sites (N-methyl/N-ethyl adjacent to an activating group) is 1. The maximum Gasteiger partial charge on any atom is 0.472 e. The summed E-state index contributed by atoms with van der Waals surface area (Å²) in [5.41, 5.74) is 2.43. The molecule has 0 bridgehead atoms. The van der Waals surface area contributed by atoms with Crippen molar-refractivity contribution in [3.63, 3.8) is 0 Å². The molecule has 10 atom stereocenters. The first-order valence-corrected chi connectivity index (χ1v) is 29.5. The molecule has 0 aromatic carbocycles. The summed E-state index contributed by atoms with van der Waals surface area (Å²) < 4.78 is 35.0. The van der Waals surface area contributed by atoms with E-state index in [9.17, 15) is 19.0 Å². The van der Waals surface area contributed by atoms with Gasteiger partial charge in [-0.25, -0.2) is 4.57 Å². The van der Waals surface area contributed by atoms with E-state index < -0.39 is 26.5 Å². The van der Waals surface area contributed by atoms with Crippen LogP contribution in [0.3, 0.4) is 0 Å². The lowest BCUT2D eigenvalue weighted by Gasteiger charge is -2.58. The van der Waals surface area contributed by atoms with Crippen molar-refractivity contribution in [3.05, 3.63) is 11.6 Å². The summed E-state index contributed by atoms with van der Waals surface area (Å²) in [6.45, 7) is 14.7. The van der Waals surface area contributed by atoms with Gasteiger partial charge in [-0.2, -0.15) is 0 Å². The minimum atomic E-state index is -4.41. The number of carbonyl (C=O) groups excluding carboxylic acids is 2. The van der Waals surface area contributed by atoms with Crippen molar-refractivity contribution in [2.24, 2.45) is 46.3 Å². The average Bonchev–Trinajstić information content (AvgIpc) is 3.57. The van der Waals surface area contributed by atoms with Crippen LogP contribution in [0.5, 0.6) is 0 Å². The van der Waals surface area contributed by atoms with E-state index >= 15 is 0 Å². The second-order valence-corrected chi connectivity index (χ2v) is 26.3. The van der Waals surface area contributed by atoms with Gasteiger partial charge in [-0.1, -0.05) is 158 Å². The number of fused-ring (bicyclic) bond motifs is 5. The minimum Gasteiger partial charge on any atom is -0.462 e. The van der Waals surface area contributed by atoms with Crippen molar-refractivity contribution in [1.29, 1.82) is 0 Å². The number of hydrogen-bond acceptors (Lipinski definition) is 9. The van der Waals surface area contributed by atoms with Gasteiger partial charge in [0.05, 0.1) is 27.7 Å². The molecule has 4 aliphatic carbocycles. The van der Waals surface area contributed by atoms with Gasteiger partial charge in [0.2, 0.25) is 0 Å². The first-order valence-electron chi connectivity index (χ1n) is 25.6. The molecule has 4 aliphatic rings. The maximum absolute atomic E-state index is 13.2. The lowest BCUT2D eigenvalue weighted by molar-refractivity contribution is -0.870. The first-order chi connectivity index (χ1) is 29.9. The summed E-state index contributed by atoms with van der Waals surface area (Å²) in [6, 6.07) is 0. The van der Waals surface area contributed by atoms with Crippen molar-refractivity contribution < 1.29 is 42.1 Å². The molecule has 0 amide bonds. The monoisotopic (exact) mass is 943 g/mol. The van der Waals surface area contributed by atoms with Gasteiger partial charge in [0.1, 0.15) is 25.5 Å². The summed E-state index contributed by atoms with van der Waals surface area (Å²) in [7, 11) is 4.77. The summed E-state index contributed by atoms with van der Waals surface area (Å²) in [6.07, 6.45) is 29.4. The number of allylic oxidation sites excluding steroid dienone is 2. The molecule has 0 aromatic rings. The van der Waals surface area contributed by atoms with Crippen LogP contribution in [0.1, 0.15) is 189 Å². The van der Waals surface area contributed by atoms with Gasteiger partial charge in [0.15, 0.2) is 6.10 Å². The Morgan fingerprint density at radius 3 is 2.19 bits per heavy atom. The van der Waals surface area contributed by atoms with Gasteiger partial charge in [0, 0.05) is 11.7 Å². The summed E-state index contributed by atoms with van der Waals surface area (Å²) >= 11 is 0. The number of carbonyl (C=O) groups is 2. The molecular weight excluding hydrogens is 850 g/mol. The molecule has 9 nitrogen and oxygen atoms in total. The van der Waals surface area contributed by atoms with Gasteiger partial charge in [0.25, 0.3) is 0 Å². The molecule has 0 heterocycles. The number of nitrogens with zero attached hydrogens (tertiary/aromatic N) is 1. The maximum atomic E-state index is 13.2. The lowest BCUT2D eigenvalue weighted by atomic mass is 9.47. The van der Waals surface area contributed by atoms with Crippen LogP contribution in [-0.4, -0.2) is 85.9 Å². The molecule has 12 heteroatoms. The molecule has 0 aromatic heterocycles. The third-order valence-electron chi connectivity index (χ3n) is 15.8. The molecule has 0 radical (unpaired) electrons. The Kier molecular flexibility index (Phi) is 23.5. The molecule has 0 saturated heterocycles. The highest BCUT2D eigenvalue weighted by Crippen LogP contribution is 2.68. The van der Waals surface area contributed by atoms with Crippen LogP contribution < -0.4 is 0 Å². The van der Waals surface area contributed by atoms with Gasteiger partial charge in [-0.15, -0.1) is 0 Å². The van der Waals surface area contributed by atoms with Crippen LogP contribution in [-0.2, 0) is 32.7 Å². The third-order valence-corrected chi connectivity index (χ3v) is 19.5. The van der Waals surface area contributed by atoms with Crippen LogP contribution in [0.4, 0.5) is 0 Å². The fourth-order valence-electron chi connectivity index (χ4n) is 12.1. The largest absolute Gasteiger partial charge is 0.472 e. The molecule has 63 heavy (non-hydrogen) atoms. The van der Waals surface area contributed by atoms with Crippen molar-refractivity contribution in [2.75, 3.05) is 53.3 Å². The van der Waals surface area contributed by atoms with E-state index in [1.807, 2.05) is 21.1 Å². The molecule has 2 unspecified atom stereocenters. The smallest absolute Gasteiger partial charge is 0.462 e. The van der Waals surface area contributed by atoms with Crippen molar-refractivity contribution >= 4 is 41.3 Å². The number of quaternary nitrogens is 1. The Balaban J connectivity index is 1.22. The highest BCUT2D eigenvalue weighted by molar-refractivity contribution is 8.77. The second kappa shape index (κ2) is 26.9. The standard InChI is InChI=1S/C51H92NO8PS2/c1-10-11-12-13-14-15-16-17-18-19-20-24-48(53)57-36-42(37-59-61(55,56)58-34-33-52(7,8)9)60-49(54)38-62-63-43-29-31-50(5)41(35-43)25-26-44-46-28-27-45(40(4)23-21-22-39(2)3)51(46,6)32-30-47(44)50/h25,39-40,42-47H,10-24,26-38H2,1-9H3/p+1/t40-,42?,43+,44+,45-,46+,47+,50+,51-/m1/s1. The Labute approximate surface area is 393 Å². The van der Waals surface area contributed by atoms with Crippen LogP contribution in [0.2, 0.25) is 0 Å². The number of rotatable bonds is 31. The van der Waals surface area contributed by atoms with E-state index in [0.29, 0.717) is 21.7 Å². The van der Waals surface area contributed by atoms with E-state index in [-0.39, 0.29) is 36.8 Å². The molecule has 3 saturated carbocycles. The average molecular weight is 943 g/mol. The van der Waals surface area contributed by atoms with Crippen molar-refractivity contribution in [3.8, 4) is 0 Å². The number of esters is 2. The SMILES string of the molecule is CCCCCCCCCCCCCC(=O)OCC(COP(=O)(O)OCC[N+](C)(C)C)OC(=O)CSS[C@H]1CC[C@@]2(C)C(=CC[C@H]3[C@@H]4CC[C@H]([C@H](C)CCCC(C)C)[C@@]4(C)CC[C@@H]32)C1. The Morgan fingerprint density at radius 2 is 1.52 bits per heavy atom. The summed E-state index contributed by atoms with van der Waals surface area (Å²) in [5, 5.41) is 0.440. The van der Waals surface area contributed by atoms with Crippen molar-refractivity contribution in [1.82, 2.24) is 0 Å². The third kappa shape index (κ3) is 18.1. The second-order valence-electron chi connectivity index (χ2n) is 22.2. The van der Waals surface area contributed by atoms with Gasteiger partial charge in [-0.05, 0) is 104 Å². The minimum absolute atomic E-state index is 0.0283. The predicted octanol–water partition coefficient (Wildman–Crippen LogP) is 13.8. The van der Waals surface area contributed by atoms with Crippen LogP contribution >= 0.6 is 29.4 Å². The zero-order valence-corrected chi connectivity index (χ0v) is 44.0. The Hall–Kier alpha value is -0.550. The van der Waals surface area contributed by atoms with E-state index in [1.165, 1.54) is 120 Å². The normalized spacial score (nSPS) is 28.9. The number of phosphoric ester groups is 1. The van der Waals surface area contributed by atoms with Crippen LogP contribution in [0, 0.1) is 46.3 Å². The highest BCUT2D eigenvalue weighted by atomic mass is 33.1. The van der Waals surface area contributed by atoms with Gasteiger partial charge < -0.3 is 18.9 Å². The zero-order valence-electron chi connectivity index (χ0n) is 41.5. The molecular formula is C51H93NO8PS2+. The lowest BCUT2D eigenvalue weighted by Crippen LogP contribution is -2.50. The van der Waals surface area contributed by atoms with E-state index in [0.717, 1.165) is 67.6 Å². The number of hydrogen-bond donors (Lipinski definition) is 1. The molecule has 4 rings (SSSR count). The highest BCUT2D eigenvalue weighted by Gasteiger charge is 2.59. The number of unbranched alkanes of at least 4 members (excludes halogenated alkanes) is 10. The Bertz CT molecular complexity index is 1460. The predicted molar refractivity (Wildman–Crippen MR) is 263 cm³/mol. The summed E-state index contributed by atoms with van der Waals surface area (Å²) in [5.74, 6) is 4.25. The fourth-order valence-corrected chi connectivity index (χ4v) is 15.3. The van der Waals surface area contributed by atoms with Gasteiger partial charge >= 0.3 is 19.8 Å². The van der Waals surface area contributed by atoms with Crippen LogP contribution in [0.15, 0.2) is 11.6 Å². The van der Waals surface area contributed by atoms with Gasteiger partial charge in [-0.3, -0.25) is 18.6 Å². The molecule has 366 valence electrons. The van der Waals surface area contributed by atoms with Crippen LogP contribution in [0.25, 0.3) is 0 Å².